The first-order valence-electron chi connectivity index (χ1n) is 10.3. The lowest BCUT2D eigenvalue weighted by atomic mass is 10.0. The number of hydrogen-bond acceptors (Lipinski definition) is 5. The molecule has 0 unspecified atom stereocenters. The van der Waals surface area contributed by atoms with Crippen molar-refractivity contribution in [1.29, 1.82) is 0 Å². The monoisotopic (exact) mass is 421 g/mol. The second-order valence-electron chi connectivity index (χ2n) is 7.76. The number of carbonyl (C=O) groups excluding carboxylic acids is 1. The number of para-hydroxylation sites is 3. The lowest BCUT2D eigenvalue weighted by Crippen LogP contribution is -2.55. The smallest absolute Gasteiger partial charge is 0.325 e. The minimum atomic E-state index is -0.898. The third-order valence-corrected chi connectivity index (χ3v) is 5.92. The predicted molar refractivity (Wildman–Crippen MR) is 113 cm³/mol. The number of nitrogens with one attached hydrogen (secondary N) is 1. The van der Waals surface area contributed by atoms with Crippen molar-refractivity contribution in [2.75, 3.05) is 32.8 Å². The minimum absolute atomic E-state index is 0.131. The topological polar surface area (TPSA) is 95.1 Å². The van der Waals surface area contributed by atoms with E-state index in [9.17, 15) is 14.7 Å². The van der Waals surface area contributed by atoms with Gasteiger partial charge < -0.3 is 24.5 Å². The molecule has 2 N–H and O–H groups in total. The molecule has 8 heteroatoms. The van der Waals surface area contributed by atoms with Crippen molar-refractivity contribution >= 4 is 22.8 Å². The molecule has 0 bridgehead atoms. The Morgan fingerprint density at radius 2 is 1.71 bits per heavy atom. The molecule has 0 spiro atoms. The number of amides is 1. The number of hydrogen-bond donors (Lipinski definition) is 2. The first-order chi connectivity index (χ1) is 15.1. The third-order valence-electron chi connectivity index (χ3n) is 5.92. The van der Waals surface area contributed by atoms with Crippen molar-refractivity contribution in [3.8, 4) is 11.5 Å². The lowest BCUT2D eigenvalue weighted by Gasteiger charge is -2.39. The summed E-state index contributed by atoms with van der Waals surface area (Å²) in [5, 5.41) is 10.9. The number of rotatable bonds is 4. The van der Waals surface area contributed by atoms with Gasteiger partial charge in [0.2, 0.25) is 6.10 Å². The summed E-state index contributed by atoms with van der Waals surface area (Å²) in [6, 6.07) is 14.2. The van der Waals surface area contributed by atoms with Crippen LogP contribution in [-0.2, 0) is 9.59 Å². The van der Waals surface area contributed by atoms with E-state index in [0.29, 0.717) is 37.7 Å². The second kappa shape index (κ2) is 7.96. The van der Waals surface area contributed by atoms with Crippen molar-refractivity contribution in [2.45, 2.75) is 12.1 Å². The average molecular weight is 421 g/mol. The number of carboxylic acids is 1. The molecule has 0 saturated carbocycles. The summed E-state index contributed by atoms with van der Waals surface area (Å²) in [6.07, 6.45) is 1.08. The Labute approximate surface area is 179 Å². The van der Waals surface area contributed by atoms with Crippen LogP contribution in [0.25, 0.3) is 10.9 Å². The van der Waals surface area contributed by atoms with Crippen LogP contribution in [0.5, 0.6) is 11.5 Å². The number of piperazine rings is 1. The second-order valence-corrected chi connectivity index (χ2v) is 7.76. The van der Waals surface area contributed by atoms with Gasteiger partial charge in [-0.15, -0.1) is 0 Å². The average Bonchev–Trinajstić information content (AvgIpc) is 3.22. The van der Waals surface area contributed by atoms with E-state index in [-0.39, 0.29) is 12.5 Å². The van der Waals surface area contributed by atoms with Crippen LogP contribution in [-0.4, -0.2) is 70.7 Å². The summed E-state index contributed by atoms with van der Waals surface area (Å²) in [5.74, 6) is 0.175. The number of fused-ring (bicyclic) bond motifs is 2. The highest BCUT2D eigenvalue weighted by molar-refractivity contribution is 5.89. The predicted octanol–water partition coefficient (Wildman–Crippen LogP) is 2.28. The van der Waals surface area contributed by atoms with Crippen LogP contribution < -0.4 is 9.47 Å². The molecule has 8 nitrogen and oxygen atoms in total. The Morgan fingerprint density at radius 3 is 2.48 bits per heavy atom. The maximum atomic E-state index is 13.0. The van der Waals surface area contributed by atoms with E-state index >= 15 is 0 Å². The largest absolute Gasteiger partial charge is 0.485 e. The first kappa shape index (κ1) is 19.4. The number of aliphatic carboxylic acids is 1. The third kappa shape index (κ3) is 3.59. The highest BCUT2D eigenvalue weighted by Gasteiger charge is 2.36. The van der Waals surface area contributed by atoms with Gasteiger partial charge in [-0.05, 0) is 18.2 Å². The van der Waals surface area contributed by atoms with Crippen LogP contribution >= 0.6 is 0 Å². The zero-order valence-electron chi connectivity index (χ0n) is 16.9. The molecule has 1 saturated heterocycles. The number of aromatic amines is 1. The van der Waals surface area contributed by atoms with Crippen molar-refractivity contribution in [2.24, 2.45) is 0 Å². The van der Waals surface area contributed by atoms with Crippen molar-refractivity contribution in [1.82, 2.24) is 14.8 Å². The van der Waals surface area contributed by atoms with Gasteiger partial charge >= 0.3 is 5.97 Å². The molecular formula is C23H23N3O5. The van der Waals surface area contributed by atoms with Gasteiger partial charge in [-0.25, -0.2) is 0 Å². The number of benzene rings is 2. The molecule has 2 aromatic carbocycles. The van der Waals surface area contributed by atoms with Gasteiger partial charge in [-0.2, -0.15) is 0 Å². The molecule has 1 aromatic heterocycles. The van der Waals surface area contributed by atoms with E-state index in [1.165, 1.54) is 0 Å². The van der Waals surface area contributed by atoms with E-state index in [1.807, 2.05) is 47.4 Å². The highest BCUT2D eigenvalue weighted by Crippen LogP contribution is 2.32. The van der Waals surface area contributed by atoms with E-state index < -0.39 is 18.1 Å². The molecule has 3 heterocycles. The summed E-state index contributed by atoms with van der Waals surface area (Å²) in [4.78, 5) is 31.9. The van der Waals surface area contributed by atoms with Gasteiger partial charge in [-0.1, -0.05) is 30.3 Å². The van der Waals surface area contributed by atoms with Gasteiger partial charge in [0.25, 0.3) is 5.91 Å². The van der Waals surface area contributed by atoms with Crippen LogP contribution in [0.2, 0.25) is 0 Å². The maximum absolute atomic E-state index is 13.0. The van der Waals surface area contributed by atoms with Gasteiger partial charge in [0.15, 0.2) is 11.5 Å². The molecule has 160 valence electrons. The maximum Gasteiger partial charge on any atom is 0.325 e. The number of carbonyl (C=O) groups is 2. The van der Waals surface area contributed by atoms with E-state index in [0.717, 1.165) is 16.5 Å². The summed E-state index contributed by atoms with van der Waals surface area (Å²) >= 11 is 0. The fourth-order valence-electron chi connectivity index (χ4n) is 4.35. The molecule has 5 rings (SSSR count). The zero-order chi connectivity index (χ0) is 21.4. The lowest BCUT2D eigenvalue weighted by molar-refractivity contribution is -0.147. The van der Waals surface area contributed by atoms with Gasteiger partial charge in [0.05, 0.1) is 0 Å². The summed E-state index contributed by atoms with van der Waals surface area (Å²) in [7, 11) is 0. The molecular weight excluding hydrogens is 398 g/mol. The Kier molecular flexibility index (Phi) is 4.99. The molecule has 1 amide bonds. The Balaban J connectivity index is 1.27. The summed E-state index contributed by atoms with van der Waals surface area (Å²) in [5.41, 5.74) is 1.65. The standard InChI is InChI=1S/C23H23N3O5/c27-22(20-14-30-18-7-3-4-8-19(18)31-20)26-11-9-25(10-12-26)21(23(28)29)16-13-24-17-6-2-1-5-15(16)17/h1-8,13,20-21,24H,9-12,14H2,(H,28,29)/t20-,21+/m0/s1. The van der Waals surface area contributed by atoms with Crippen LogP contribution in [0.15, 0.2) is 54.7 Å². The zero-order valence-corrected chi connectivity index (χ0v) is 16.9. The quantitative estimate of drug-likeness (QED) is 0.671. The number of ether oxygens (including phenoxy) is 2. The molecule has 0 radical (unpaired) electrons. The van der Waals surface area contributed by atoms with Crippen molar-refractivity contribution in [3.63, 3.8) is 0 Å². The Hall–Kier alpha value is -3.52. The molecule has 0 aliphatic carbocycles. The van der Waals surface area contributed by atoms with Crippen LogP contribution in [0, 0.1) is 0 Å². The number of nitrogens with zero attached hydrogens (tertiary/aromatic N) is 2. The SMILES string of the molecule is O=C(O)[C@@H](c1c[nH]c2ccccc12)N1CCN(C(=O)[C@@H]2COc3ccccc3O2)CC1. The normalized spacial score (nSPS) is 19.9. The van der Waals surface area contributed by atoms with E-state index in [4.69, 9.17) is 9.47 Å². The number of carboxylic acid groups (broad SMARTS) is 1. The van der Waals surface area contributed by atoms with Crippen molar-refractivity contribution < 1.29 is 24.2 Å². The molecule has 3 aromatic rings. The molecule has 1 fully saturated rings. The molecule has 2 aliphatic heterocycles. The van der Waals surface area contributed by atoms with Gasteiger partial charge in [0.1, 0.15) is 12.6 Å². The Bertz CT molecular complexity index is 1120. The van der Waals surface area contributed by atoms with Crippen LogP contribution in [0.1, 0.15) is 11.6 Å². The number of H-pyrrole nitrogens is 1. The fourth-order valence-corrected chi connectivity index (χ4v) is 4.35. The minimum Gasteiger partial charge on any atom is -0.485 e. The Morgan fingerprint density at radius 1 is 1.00 bits per heavy atom. The van der Waals surface area contributed by atoms with E-state index in [2.05, 4.69) is 4.98 Å². The fraction of sp³-hybridized carbons (Fsp3) is 0.304. The molecule has 2 aliphatic rings. The van der Waals surface area contributed by atoms with E-state index in [1.54, 1.807) is 17.2 Å². The summed E-state index contributed by atoms with van der Waals surface area (Å²) in [6.45, 7) is 1.97. The van der Waals surface area contributed by atoms with Gasteiger partial charge in [-0.3, -0.25) is 14.5 Å². The first-order valence-corrected chi connectivity index (χ1v) is 10.3. The molecule has 2 atom stereocenters. The van der Waals surface area contributed by atoms with Crippen molar-refractivity contribution in [3.05, 3.63) is 60.3 Å². The molecule has 31 heavy (non-hydrogen) atoms. The number of aromatic nitrogens is 1. The van der Waals surface area contributed by atoms with Crippen LogP contribution in [0.4, 0.5) is 0 Å². The summed E-state index contributed by atoms with van der Waals surface area (Å²) < 4.78 is 11.5. The van der Waals surface area contributed by atoms with Crippen LogP contribution in [0.3, 0.4) is 0 Å². The van der Waals surface area contributed by atoms with Gasteiger partial charge in [0, 0.05) is 48.8 Å². The highest BCUT2D eigenvalue weighted by atomic mass is 16.6.